The molecule has 0 bridgehead atoms. The zero-order chi connectivity index (χ0) is 8.39. The van der Waals surface area contributed by atoms with Gasteiger partial charge in [-0.3, -0.25) is 0 Å². The van der Waals surface area contributed by atoms with Gasteiger partial charge in [0.15, 0.2) is 6.40 Å². The van der Waals surface area contributed by atoms with Gasteiger partial charge in [0.05, 0.1) is 0 Å². The zero-order valence-corrected chi connectivity index (χ0v) is 6.69. The Bertz CT molecular complexity index is 355. The normalized spacial score (nSPS) is 14.2. The number of ether oxygens (including phenoxy) is 1. The van der Waals surface area contributed by atoms with Crippen LogP contribution in [0, 0.1) is 0 Å². The van der Waals surface area contributed by atoms with Crippen LogP contribution in [0.15, 0.2) is 29.0 Å². The lowest BCUT2D eigenvalue weighted by Crippen LogP contribution is -1.92. The molecule has 0 N–H and O–H groups in total. The SMILES string of the molecule is CC1=Cc2cccnc2OC=N1. The second-order valence-electron chi connectivity index (χ2n) is 2.54. The van der Waals surface area contributed by atoms with Crippen LogP contribution in [0.3, 0.4) is 0 Å². The average molecular weight is 160 g/mol. The van der Waals surface area contributed by atoms with Crippen molar-refractivity contribution < 1.29 is 4.74 Å². The van der Waals surface area contributed by atoms with Crippen LogP contribution in [0.5, 0.6) is 5.88 Å². The summed E-state index contributed by atoms with van der Waals surface area (Å²) in [5.74, 6) is 0.609. The Morgan fingerprint density at radius 3 is 3.25 bits per heavy atom. The molecule has 0 unspecified atom stereocenters. The van der Waals surface area contributed by atoms with Crippen LogP contribution in [0.2, 0.25) is 0 Å². The predicted molar refractivity (Wildman–Crippen MR) is 47.0 cm³/mol. The standard InChI is InChI=1S/C9H8N2O/c1-7-5-8-3-2-4-10-9(8)12-6-11-7/h2-6H,1H3. The van der Waals surface area contributed by atoms with E-state index in [1.165, 1.54) is 6.40 Å². The van der Waals surface area contributed by atoms with Gasteiger partial charge in [-0.1, -0.05) is 0 Å². The summed E-state index contributed by atoms with van der Waals surface area (Å²) >= 11 is 0. The van der Waals surface area contributed by atoms with Crippen molar-refractivity contribution in [3.63, 3.8) is 0 Å². The van der Waals surface area contributed by atoms with Crippen LogP contribution in [-0.4, -0.2) is 11.4 Å². The highest BCUT2D eigenvalue weighted by atomic mass is 16.5. The van der Waals surface area contributed by atoms with Gasteiger partial charge in [0.25, 0.3) is 0 Å². The second-order valence-corrected chi connectivity index (χ2v) is 2.54. The fourth-order valence-electron chi connectivity index (χ4n) is 1.03. The van der Waals surface area contributed by atoms with E-state index in [0.29, 0.717) is 5.88 Å². The summed E-state index contributed by atoms with van der Waals surface area (Å²) < 4.78 is 5.16. The Kier molecular flexibility index (Phi) is 1.63. The van der Waals surface area contributed by atoms with Crippen LogP contribution >= 0.6 is 0 Å². The van der Waals surface area contributed by atoms with Crippen molar-refractivity contribution in [3.05, 3.63) is 29.6 Å². The summed E-state index contributed by atoms with van der Waals surface area (Å²) in [7, 11) is 0. The largest absolute Gasteiger partial charge is 0.427 e. The molecule has 0 radical (unpaired) electrons. The first-order chi connectivity index (χ1) is 5.86. The molecular weight excluding hydrogens is 152 g/mol. The average Bonchev–Trinajstić information content (AvgIpc) is 2.25. The van der Waals surface area contributed by atoms with Gasteiger partial charge in [0.2, 0.25) is 5.88 Å². The highest BCUT2D eigenvalue weighted by molar-refractivity contribution is 5.66. The molecule has 0 spiro atoms. The molecule has 0 atom stereocenters. The van der Waals surface area contributed by atoms with Crippen molar-refractivity contribution in [2.45, 2.75) is 6.92 Å². The fourth-order valence-corrected chi connectivity index (χ4v) is 1.03. The molecule has 1 aliphatic rings. The maximum atomic E-state index is 5.16. The third-order valence-electron chi connectivity index (χ3n) is 1.59. The molecule has 2 heterocycles. The number of pyridine rings is 1. The lowest BCUT2D eigenvalue weighted by atomic mass is 10.2. The van der Waals surface area contributed by atoms with Gasteiger partial charge in [0, 0.05) is 17.5 Å². The van der Waals surface area contributed by atoms with Crippen LogP contribution in [-0.2, 0) is 0 Å². The van der Waals surface area contributed by atoms with Crippen molar-refractivity contribution in [2.75, 3.05) is 0 Å². The number of fused-ring (bicyclic) bond motifs is 1. The van der Waals surface area contributed by atoms with Crippen molar-refractivity contribution in [2.24, 2.45) is 4.99 Å². The number of allylic oxidation sites excluding steroid dienone is 1. The monoisotopic (exact) mass is 160 g/mol. The van der Waals surface area contributed by atoms with E-state index in [0.717, 1.165) is 11.3 Å². The molecule has 0 fully saturated rings. The van der Waals surface area contributed by atoms with Gasteiger partial charge in [-0.2, -0.15) is 0 Å². The summed E-state index contributed by atoms with van der Waals surface area (Å²) in [5.41, 5.74) is 1.88. The Morgan fingerprint density at radius 1 is 1.42 bits per heavy atom. The molecule has 1 aliphatic heterocycles. The smallest absolute Gasteiger partial charge is 0.227 e. The minimum atomic E-state index is 0.609. The molecule has 0 amide bonds. The van der Waals surface area contributed by atoms with Crippen LogP contribution < -0.4 is 4.74 Å². The van der Waals surface area contributed by atoms with E-state index < -0.39 is 0 Å². The number of hydrogen-bond acceptors (Lipinski definition) is 3. The molecule has 0 saturated heterocycles. The van der Waals surface area contributed by atoms with Gasteiger partial charge in [-0.15, -0.1) is 0 Å². The first kappa shape index (κ1) is 7.03. The number of nitrogens with zero attached hydrogens (tertiary/aromatic N) is 2. The predicted octanol–water partition coefficient (Wildman–Crippen LogP) is 1.86. The van der Waals surface area contributed by atoms with Crippen molar-refractivity contribution >= 4 is 12.5 Å². The quantitative estimate of drug-likeness (QED) is 0.580. The van der Waals surface area contributed by atoms with Crippen molar-refractivity contribution in [1.82, 2.24) is 4.98 Å². The third kappa shape index (κ3) is 1.21. The highest BCUT2D eigenvalue weighted by Gasteiger charge is 2.03. The number of aliphatic imine (C=N–C) groups is 1. The summed E-state index contributed by atoms with van der Waals surface area (Å²) in [6.45, 7) is 1.92. The minimum absolute atomic E-state index is 0.609. The van der Waals surface area contributed by atoms with E-state index in [9.17, 15) is 0 Å². The molecule has 12 heavy (non-hydrogen) atoms. The summed E-state index contributed by atoms with van der Waals surface area (Å²) in [6, 6.07) is 3.82. The summed E-state index contributed by atoms with van der Waals surface area (Å²) in [6.07, 6.45) is 5.04. The lowest BCUT2D eigenvalue weighted by Gasteiger charge is -1.98. The molecule has 2 rings (SSSR count). The maximum Gasteiger partial charge on any atom is 0.227 e. The molecule has 0 aliphatic carbocycles. The third-order valence-corrected chi connectivity index (χ3v) is 1.59. The van der Waals surface area contributed by atoms with E-state index in [1.807, 2.05) is 25.1 Å². The van der Waals surface area contributed by atoms with E-state index in [-0.39, 0.29) is 0 Å². The molecule has 0 saturated carbocycles. The number of aromatic nitrogens is 1. The van der Waals surface area contributed by atoms with Crippen LogP contribution in [0.4, 0.5) is 0 Å². The van der Waals surface area contributed by atoms with E-state index >= 15 is 0 Å². The number of rotatable bonds is 0. The molecular formula is C9H8N2O. The molecule has 60 valence electrons. The van der Waals surface area contributed by atoms with Gasteiger partial charge >= 0.3 is 0 Å². The van der Waals surface area contributed by atoms with E-state index in [2.05, 4.69) is 9.98 Å². The van der Waals surface area contributed by atoms with Gasteiger partial charge in [-0.25, -0.2) is 9.98 Å². The van der Waals surface area contributed by atoms with Gasteiger partial charge < -0.3 is 4.74 Å². The van der Waals surface area contributed by atoms with E-state index in [4.69, 9.17) is 4.74 Å². The maximum absolute atomic E-state index is 5.16. The Labute approximate surface area is 70.4 Å². The van der Waals surface area contributed by atoms with Gasteiger partial charge in [0.1, 0.15) is 0 Å². The second kappa shape index (κ2) is 2.77. The zero-order valence-electron chi connectivity index (χ0n) is 6.69. The molecule has 3 nitrogen and oxygen atoms in total. The Morgan fingerprint density at radius 2 is 2.33 bits per heavy atom. The summed E-state index contributed by atoms with van der Waals surface area (Å²) in [5, 5.41) is 0. The minimum Gasteiger partial charge on any atom is -0.427 e. The first-order valence-corrected chi connectivity index (χ1v) is 3.69. The van der Waals surface area contributed by atoms with Crippen molar-refractivity contribution in [3.8, 4) is 5.88 Å². The molecule has 0 aromatic carbocycles. The first-order valence-electron chi connectivity index (χ1n) is 3.69. The highest BCUT2D eigenvalue weighted by Crippen LogP contribution is 2.19. The molecule has 1 aromatic rings. The number of hydrogen-bond donors (Lipinski definition) is 0. The fraction of sp³-hybridized carbons (Fsp3) is 0.111. The van der Waals surface area contributed by atoms with E-state index in [1.54, 1.807) is 6.20 Å². The van der Waals surface area contributed by atoms with Gasteiger partial charge in [-0.05, 0) is 25.1 Å². The lowest BCUT2D eigenvalue weighted by molar-refractivity contribution is 0.548. The Balaban J connectivity index is 2.54. The molecule has 3 heteroatoms. The topological polar surface area (TPSA) is 34.5 Å². The Hall–Kier alpha value is -1.64. The van der Waals surface area contributed by atoms with Crippen LogP contribution in [0.25, 0.3) is 6.08 Å². The van der Waals surface area contributed by atoms with Crippen molar-refractivity contribution in [1.29, 1.82) is 0 Å². The van der Waals surface area contributed by atoms with Crippen LogP contribution in [0.1, 0.15) is 12.5 Å². The summed E-state index contributed by atoms with van der Waals surface area (Å²) in [4.78, 5) is 8.07. The molecule has 1 aromatic heterocycles.